The summed E-state index contributed by atoms with van der Waals surface area (Å²) in [5.41, 5.74) is 0. The first kappa shape index (κ1) is 16.6. The molecule has 2 rings (SSSR count). The van der Waals surface area contributed by atoms with E-state index >= 15 is 0 Å². The van der Waals surface area contributed by atoms with Crippen molar-refractivity contribution in [3.63, 3.8) is 0 Å². The molecule has 5 nitrogen and oxygen atoms in total. The molecule has 0 bridgehead atoms. The number of nitrogens with one attached hydrogen (secondary N) is 1. The SMILES string of the molecule is COc1ccccc1OCCNC(=O)CN1CCCCCC1. The Balaban J connectivity index is 1.64. The predicted octanol–water partition coefficient (Wildman–Crippen LogP) is 2.07. The fraction of sp³-hybridized carbons (Fsp3) is 0.588. The van der Waals surface area contributed by atoms with Crippen molar-refractivity contribution in [2.45, 2.75) is 25.7 Å². The van der Waals surface area contributed by atoms with E-state index in [2.05, 4.69) is 10.2 Å². The highest BCUT2D eigenvalue weighted by Crippen LogP contribution is 2.25. The second kappa shape index (κ2) is 9.30. The van der Waals surface area contributed by atoms with Crippen LogP contribution in [-0.4, -0.2) is 50.7 Å². The molecule has 1 amide bonds. The van der Waals surface area contributed by atoms with Crippen LogP contribution in [0.15, 0.2) is 24.3 Å². The van der Waals surface area contributed by atoms with Gasteiger partial charge in [-0.1, -0.05) is 25.0 Å². The van der Waals surface area contributed by atoms with Crippen LogP contribution in [0.25, 0.3) is 0 Å². The Morgan fingerprint density at radius 3 is 2.50 bits per heavy atom. The molecule has 1 aromatic carbocycles. The minimum Gasteiger partial charge on any atom is -0.493 e. The number of ether oxygens (including phenoxy) is 2. The predicted molar refractivity (Wildman–Crippen MR) is 86.4 cm³/mol. The summed E-state index contributed by atoms with van der Waals surface area (Å²) in [4.78, 5) is 14.2. The highest BCUT2D eigenvalue weighted by molar-refractivity contribution is 5.77. The van der Waals surface area contributed by atoms with E-state index in [0.29, 0.717) is 31.2 Å². The number of hydrogen-bond donors (Lipinski definition) is 1. The van der Waals surface area contributed by atoms with E-state index < -0.39 is 0 Å². The Morgan fingerprint density at radius 2 is 1.82 bits per heavy atom. The van der Waals surface area contributed by atoms with Crippen LogP contribution >= 0.6 is 0 Å². The van der Waals surface area contributed by atoms with Crippen LogP contribution in [0.3, 0.4) is 0 Å². The zero-order chi connectivity index (χ0) is 15.6. The number of carbonyl (C=O) groups is 1. The summed E-state index contributed by atoms with van der Waals surface area (Å²) in [5.74, 6) is 1.48. The van der Waals surface area contributed by atoms with Crippen LogP contribution in [0, 0.1) is 0 Å². The molecule has 22 heavy (non-hydrogen) atoms. The minimum atomic E-state index is 0.0746. The third-order valence-corrected chi connectivity index (χ3v) is 3.82. The van der Waals surface area contributed by atoms with Gasteiger partial charge in [0.1, 0.15) is 6.61 Å². The lowest BCUT2D eigenvalue weighted by molar-refractivity contribution is -0.122. The first-order valence-electron chi connectivity index (χ1n) is 8.04. The molecule has 0 atom stereocenters. The fourth-order valence-corrected chi connectivity index (χ4v) is 2.64. The van der Waals surface area contributed by atoms with Gasteiger partial charge in [0.25, 0.3) is 0 Å². The van der Waals surface area contributed by atoms with Gasteiger partial charge in [0, 0.05) is 0 Å². The van der Waals surface area contributed by atoms with E-state index in [1.54, 1.807) is 7.11 Å². The van der Waals surface area contributed by atoms with E-state index in [1.165, 1.54) is 25.7 Å². The highest BCUT2D eigenvalue weighted by atomic mass is 16.5. The lowest BCUT2D eigenvalue weighted by atomic mass is 10.2. The summed E-state index contributed by atoms with van der Waals surface area (Å²) < 4.78 is 10.9. The van der Waals surface area contributed by atoms with Gasteiger partial charge >= 0.3 is 0 Å². The van der Waals surface area contributed by atoms with Crippen molar-refractivity contribution < 1.29 is 14.3 Å². The first-order valence-corrected chi connectivity index (χ1v) is 8.04. The Kier molecular flexibility index (Phi) is 7.03. The van der Waals surface area contributed by atoms with E-state index in [9.17, 15) is 4.79 Å². The van der Waals surface area contributed by atoms with Gasteiger partial charge < -0.3 is 14.8 Å². The summed E-state index contributed by atoms with van der Waals surface area (Å²) in [5, 5.41) is 2.91. The summed E-state index contributed by atoms with van der Waals surface area (Å²) >= 11 is 0. The average molecular weight is 306 g/mol. The molecule has 1 saturated heterocycles. The van der Waals surface area contributed by atoms with Gasteiger partial charge in [-0.05, 0) is 38.1 Å². The number of amides is 1. The van der Waals surface area contributed by atoms with E-state index in [4.69, 9.17) is 9.47 Å². The van der Waals surface area contributed by atoms with Crippen LogP contribution in [0.1, 0.15) is 25.7 Å². The number of para-hydroxylation sites is 2. The number of methoxy groups -OCH3 is 1. The van der Waals surface area contributed by atoms with Crippen LogP contribution in [-0.2, 0) is 4.79 Å². The van der Waals surface area contributed by atoms with Crippen molar-refractivity contribution in [2.24, 2.45) is 0 Å². The molecule has 1 N–H and O–H groups in total. The zero-order valence-corrected chi connectivity index (χ0v) is 13.3. The molecule has 1 fully saturated rings. The summed E-state index contributed by atoms with van der Waals surface area (Å²) in [7, 11) is 1.62. The lowest BCUT2D eigenvalue weighted by Crippen LogP contribution is -2.39. The van der Waals surface area contributed by atoms with Crippen LogP contribution in [0.2, 0.25) is 0 Å². The fourth-order valence-electron chi connectivity index (χ4n) is 2.64. The quantitative estimate of drug-likeness (QED) is 0.784. The molecule has 0 saturated carbocycles. The summed E-state index contributed by atoms with van der Waals surface area (Å²) in [6.45, 7) is 3.50. The number of benzene rings is 1. The second-order valence-electron chi connectivity index (χ2n) is 5.54. The average Bonchev–Trinajstić information content (AvgIpc) is 2.80. The Hall–Kier alpha value is -1.75. The van der Waals surface area contributed by atoms with Crippen molar-refractivity contribution in [3.8, 4) is 11.5 Å². The van der Waals surface area contributed by atoms with Crippen LogP contribution < -0.4 is 14.8 Å². The number of hydrogen-bond acceptors (Lipinski definition) is 4. The largest absolute Gasteiger partial charge is 0.493 e. The third-order valence-electron chi connectivity index (χ3n) is 3.82. The number of nitrogens with zero attached hydrogens (tertiary/aromatic N) is 1. The van der Waals surface area contributed by atoms with Gasteiger partial charge in [-0.2, -0.15) is 0 Å². The molecule has 122 valence electrons. The van der Waals surface area contributed by atoms with E-state index in [1.807, 2.05) is 24.3 Å². The Bertz CT molecular complexity index is 457. The molecular formula is C17H26N2O3. The summed E-state index contributed by atoms with van der Waals surface area (Å²) in [6, 6.07) is 7.51. The molecule has 0 spiro atoms. The number of carbonyl (C=O) groups excluding carboxylic acids is 1. The maximum atomic E-state index is 11.9. The molecule has 1 aliphatic rings. The highest BCUT2D eigenvalue weighted by Gasteiger charge is 2.12. The van der Waals surface area contributed by atoms with Gasteiger partial charge in [-0.3, -0.25) is 9.69 Å². The standard InChI is InChI=1S/C17H26N2O3/c1-21-15-8-4-5-9-16(15)22-13-10-18-17(20)14-19-11-6-2-3-7-12-19/h4-5,8-9H,2-3,6-7,10-14H2,1H3,(H,18,20). The minimum absolute atomic E-state index is 0.0746. The van der Waals surface area contributed by atoms with Gasteiger partial charge in [-0.15, -0.1) is 0 Å². The molecular weight excluding hydrogens is 280 g/mol. The molecule has 0 unspecified atom stereocenters. The van der Waals surface area contributed by atoms with Gasteiger partial charge in [0.15, 0.2) is 11.5 Å². The first-order chi connectivity index (χ1) is 10.8. The number of rotatable bonds is 7. The van der Waals surface area contributed by atoms with Crippen LogP contribution in [0.5, 0.6) is 11.5 Å². The van der Waals surface area contributed by atoms with Crippen molar-refractivity contribution >= 4 is 5.91 Å². The van der Waals surface area contributed by atoms with Gasteiger partial charge in [0.05, 0.1) is 20.2 Å². The molecule has 0 radical (unpaired) electrons. The Labute approximate surface area is 132 Å². The molecule has 5 heteroatoms. The van der Waals surface area contributed by atoms with Crippen LogP contribution in [0.4, 0.5) is 0 Å². The third kappa shape index (κ3) is 5.56. The molecule has 1 aliphatic heterocycles. The summed E-state index contributed by atoms with van der Waals surface area (Å²) in [6.07, 6.45) is 4.96. The van der Waals surface area contributed by atoms with Crippen molar-refractivity contribution in [1.82, 2.24) is 10.2 Å². The maximum absolute atomic E-state index is 11.9. The van der Waals surface area contributed by atoms with Crippen molar-refractivity contribution in [3.05, 3.63) is 24.3 Å². The lowest BCUT2D eigenvalue weighted by Gasteiger charge is -2.19. The molecule has 1 heterocycles. The zero-order valence-electron chi connectivity index (χ0n) is 13.3. The Morgan fingerprint density at radius 1 is 1.14 bits per heavy atom. The topological polar surface area (TPSA) is 50.8 Å². The smallest absolute Gasteiger partial charge is 0.234 e. The van der Waals surface area contributed by atoms with E-state index in [0.717, 1.165) is 13.1 Å². The maximum Gasteiger partial charge on any atom is 0.234 e. The molecule has 0 aliphatic carbocycles. The second-order valence-corrected chi connectivity index (χ2v) is 5.54. The molecule has 0 aromatic heterocycles. The van der Waals surface area contributed by atoms with E-state index in [-0.39, 0.29) is 5.91 Å². The van der Waals surface area contributed by atoms with Crippen molar-refractivity contribution in [2.75, 3.05) is 39.9 Å². The molecule has 1 aromatic rings. The van der Waals surface area contributed by atoms with Crippen molar-refractivity contribution in [1.29, 1.82) is 0 Å². The number of likely N-dealkylation sites (tertiary alicyclic amines) is 1. The van der Waals surface area contributed by atoms with Gasteiger partial charge in [0.2, 0.25) is 5.91 Å². The van der Waals surface area contributed by atoms with Gasteiger partial charge in [-0.25, -0.2) is 0 Å². The normalized spacial score (nSPS) is 15.9. The monoisotopic (exact) mass is 306 g/mol.